The molecule has 0 amide bonds. The van der Waals surface area contributed by atoms with Crippen LogP contribution in [0.1, 0.15) is 11.1 Å². The number of halogens is 2. The summed E-state index contributed by atoms with van der Waals surface area (Å²) >= 11 is 0. The van der Waals surface area contributed by atoms with Gasteiger partial charge in [0.2, 0.25) is 11.8 Å². The van der Waals surface area contributed by atoms with E-state index >= 15 is 0 Å². The summed E-state index contributed by atoms with van der Waals surface area (Å²) in [5.74, 6) is -0.197. The molecule has 0 radical (unpaired) electrons. The summed E-state index contributed by atoms with van der Waals surface area (Å²) < 4.78 is 36.8. The fraction of sp³-hybridized carbons (Fsp3) is 0.0556. The number of ether oxygens (including phenoxy) is 2. The number of hydrogen-bond acceptors (Lipinski definition) is 8. The first-order valence-electron chi connectivity index (χ1n) is 13.8. The molecule has 0 saturated carbocycles. The van der Waals surface area contributed by atoms with E-state index in [1.807, 2.05) is 18.2 Å². The molecule has 0 fully saturated rings. The van der Waals surface area contributed by atoms with Gasteiger partial charge in [0, 0.05) is 47.0 Å². The minimum Gasteiger partial charge on any atom is -0.480 e. The second kappa shape index (κ2) is 14.3. The van der Waals surface area contributed by atoms with Crippen molar-refractivity contribution < 1.29 is 18.3 Å². The Hall–Kier alpha value is -6.52. The van der Waals surface area contributed by atoms with Gasteiger partial charge in [-0.2, -0.15) is 10.5 Å². The van der Waals surface area contributed by atoms with Crippen LogP contribution in [0.2, 0.25) is 0 Å². The Labute approximate surface area is 263 Å². The van der Waals surface area contributed by atoms with Crippen LogP contribution < -0.4 is 9.47 Å². The zero-order valence-corrected chi connectivity index (χ0v) is 24.6. The first kappa shape index (κ1) is 30.9. The Morgan fingerprint density at radius 3 is 1.46 bits per heavy atom. The molecule has 224 valence electrons. The van der Waals surface area contributed by atoms with Gasteiger partial charge in [-0.25, -0.2) is 18.7 Å². The predicted octanol–water partition coefficient (Wildman–Crippen LogP) is 7.66. The van der Waals surface area contributed by atoms with Crippen LogP contribution in [0.15, 0.2) is 110 Å². The number of pyridine rings is 4. The maximum Gasteiger partial charge on any atom is 0.232 e. The van der Waals surface area contributed by atoms with Crippen LogP contribution in [-0.4, -0.2) is 34.2 Å². The van der Waals surface area contributed by atoms with Crippen LogP contribution in [0.25, 0.3) is 44.8 Å². The van der Waals surface area contributed by atoms with Crippen molar-refractivity contribution in [1.29, 1.82) is 10.5 Å². The number of methoxy groups -OCH3 is 2. The van der Waals surface area contributed by atoms with Crippen molar-refractivity contribution in [1.82, 2.24) is 19.9 Å². The quantitative estimate of drug-likeness (QED) is 0.189. The van der Waals surface area contributed by atoms with Crippen molar-refractivity contribution in [2.75, 3.05) is 14.2 Å². The molecular formula is C36H24F2N6O2. The maximum atomic E-state index is 13.2. The van der Waals surface area contributed by atoms with Crippen LogP contribution in [0.3, 0.4) is 0 Å². The molecule has 2 aromatic carbocycles. The van der Waals surface area contributed by atoms with E-state index < -0.39 is 0 Å². The number of hydrogen-bond donors (Lipinski definition) is 0. The molecule has 0 aliphatic carbocycles. The van der Waals surface area contributed by atoms with Gasteiger partial charge in [0.05, 0.1) is 25.6 Å². The third-order valence-electron chi connectivity index (χ3n) is 6.83. The van der Waals surface area contributed by atoms with E-state index in [-0.39, 0.29) is 23.4 Å². The summed E-state index contributed by atoms with van der Waals surface area (Å²) in [5, 5.41) is 18.9. The molecule has 0 saturated heterocycles. The highest BCUT2D eigenvalue weighted by Gasteiger charge is 2.17. The molecule has 46 heavy (non-hydrogen) atoms. The highest BCUT2D eigenvalue weighted by Crippen LogP contribution is 2.34. The van der Waals surface area contributed by atoms with Crippen molar-refractivity contribution in [3.05, 3.63) is 132 Å². The predicted molar refractivity (Wildman–Crippen MR) is 168 cm³/mol. The van der Waals surface area contributed by atoms with Gasteiger partial charge in [-0.15, -0.1) is 0 Å². The zero-order chi connectivity index (χ0) is 32.5. The van der Waals surface area contributed by atoms with Gasteiger partial charge in [-0.05, 0) is 71.8 Å². The van der Waals surface area contributed by atoms with E-state index in [9.17, 15) is 19.3 Å². The normalized spacial score (nSPS) is 10.1. The average molecular weight is 611 g/mol. The van der Waals surface area contributed by atoms with E-state index in [1.165, 1.54) is 38.5 Å². The Bertz CT molecular complexity index is 1890. The average Bonchev–Trinajstić information content (AvgIpc) is 3.12. The molecule has 6 aromatic rings. The summed E-state index contributed by atoms with van der Waals surface area (Å²) in [6.45, 7) is 0. The zero-order valence-electron chi connectivity index (χ0n) is 24.6. The monoisotopic (exact) mass is 610 g/mol. The minimum absolute atomic E-state index is 0.230. The van der Waals surface area contributed by atoms with Gasteiger partial charge in [0.25, 0.3) is 0 Å². The summed E-state index contributed by atoms with van der Waals surface area (Å²) in [6.07, 6.45) is 6.69. The van der Waals surface area contributed by atoms with Crippen molar-refractivity contribution in [2.24, 2.45) is 0 Å². The van der Waals surface area contributed by atoms with Crippen LogP contribution in [0.5, 0.6) is 11.8 Å². The Morgan fingerprint density at radius 2 is 1.04 bits per heavy atom. The number of nitrogens with zero attached hydrogens (tertiary/aromatic N) is 6. The lowest BCUT2D eigenvalue weighted by Crippen LogP contribution is -1.98. The molecule has 0 bridgehead atoms. The first-order chi connectivity index (χ1) is 22.4. The smallest absolute Gasteiger partial charge is 0.232 e. The molecule has 0 atom stereocenters. The summed E-state index contributed by atoms with van der Waals surface area (Å²) in [7, 11) is 2.93. The molecule has 0 N–H and O–H groups in total. The van der Waals surface area contributed by atoms with Crippen LogP contribution in [-0.2, 0) is 0 Å². The number of benzene rings is 2. The van der Waals surface area contributed by atoms with E-state index in [0.29, 0.717) is 39.2 Å². The van der Waals surface area contributed by atoms with Crippen LogP contribution in [0, 0.1) is 34.3 Å². The second-order valence-corrected chi connectivity index (χ2v) is 9.59. The van der Waals surface area contributed by atoms with Gasteiger partial charge in [-0.3, -0.25) is 9.97 Å². The lowest BCUT2D eigenvalue weighted by molar-refractivity contribution is 0.397. The topological polar surface area (TPSA) is 118 Å². The Kier molecular flexibility index (Phi) is 9.61. The molecule has 8 nitrogen and oxygen atoms in total. The van der Waals surface area contributed by atoms with Crippen LogP contribution >= 0.6 is 0 Å². The second-order valence-electron chi connectivity index (χ2n) is 9.59. The third kappa shape index (κ3) is 6.83. The molecule has 0 unspecified atom stereocenters. The van der Waals surface area contributed by atoms with Gasteiger partial charge < -0.3 is 9.47 Å². The molecule has 4 aromatic heterocycles. The van der Waals surface area contributed by atoms with Gasteiger partial charge in [0.15, 0.2) is 0 Å². The van der Waals surface area contributed by atoms with Crippen molar-refractivity contribution in [2.45, 2.75) is 0 Å². The molecule has 0 aliphatic rings. The van der Waals surface area contributed by atoms with Crippen molar-refractivity contribution >= 4 is 0 Å². The number of rotatable bonds is 6. The largest absolute Gasteiger partial charge is 0.480 e. The fourth-order valence-electron chi connectivity index (χ4n) is 4.60. The lowest BCUT2D eigenvalue weighted by Gasteiger charge is -2.11. The summed E-state index contributed by atoms with van der Waals surface area (Å²) in [6, 6.07) is 27.0. The van der Waals surface area contributed by atoms with E-state index in [4.69, 9.17) is 9.47 Å². The molecule has 0 aliphatic heterocycles. The Balaban J connectivity index is 0.000000181. The molecular weight excluding hydrogens is 586 g/mol. The van der Waals surface area contributed by atoms with Crippen molar-refractivity contribution in [3.63, 3.8) is 0 Å². The fourth-order valence-corrected chi connectivity index (χ4v) is 4.60. The molecule has 10 heteroatoms. The first-order valence-corrected chi connectivity index (χ1v) is 13.8. The number of nitriles is 2. The highest BCUT2D eigenvalue weighted by atomic mass is 19.1. The van der Waals surface area contributed by atoms with Gasteiger partial charge >= 0.3 is 0 Å². The highest BCUT2D eigenvalue weighted by molar-refractivity contribution is 5.79. The number of aromatic nitrogens is 4. The summed E-state index contributed by atoms with van der Waals surface area (Å²) in [5.41, 5.74) is 6.29. The van der Waals surface area contributed by atoms with E-state index in [1.54, 1.807) is 67.3 Å². The van der Waals surface area contributed by atoms with Gasteiger partial charge in [0.1, 0.15) is 34.9 Å². The standard InChI is InChI=1S/2C18H12FN3O/c1-23-18-16(11-20)15(12-2-4-14(19)5-3-12)10-17(22-18)13-6-8-21-9-7-13;1-23-18-16(10-20)15(12-4-6-14(19)7-5-12)9-17(22-18)13-3-2-8-21-11-13/h2-10H,1H3;2-9,11H,1H3. The minimum atomic E-state index is -0.333. The Morgan fingerprint density at radius 1 is 0.565 bits per heavy atom. The van der Waals surface area contributed by atoms with Gasteiger partial charge in [-0.1, -0.05) is 24.3 Å². The molecule has 6 rings (SSSR count). The molecule has 4 heterocycles. The summed E-state index contributed by atoms with van der Waals surface area (Å²) in [4.78, 5) is 16.8. The van der Waals surface area contributed by atoms with Crippen LogP contribution in [0.4, 0.5) is 8.78 Å². The molecule has 0 spiro atoms. The SMILES string of the molecule is COc1nc(-c2cccnc2)cc(-c2ccc(F)cc2)c1C#N.COc1nc(-c2ccncc2)cc(-c2ccc(F)cc2)c1C#N. The lowest BCUT2D eigenvalue weighted by atomic mass is 9.99. The van der Waals surface area contributed by atoms with E-state index in [0.717, 1.165) is 16.7 Å². The van der Waals surface area contributed by atoms with E-state index in [2.05, 4.69) is 32.1 Å². The third-order valence-corrected chi connectivity index (χ3v) is 6.83. The van der Waals surface area contributed by atoms with Crippen molar-refractivity contribution in [3.8, 4) is 68.7 Å². The maximum absolute atomic E-state index is 13.2.